The maximum absolute atomic E-state index is 13.3. The van der Waals surface area contributed by atoms with E-state index < -0.39 is 0 Å². The second-order valence-corrected chi connectivity index (χ2v) is 8.63. The molecule has 0 spiro atoms. The average Bonchev–Trinajstić information content (AvgIpc) is 3.42. The first kappa shape index (κ1) is 20.3. The molecule has 1 N–H and O–H groups in total. The second kappa shape index (κ2) is 8.49. The van der Waals surface area contributed by atoms with Crippen LogP contribution in [0.2, 0.25) is 0 Å². The molecule has 31 heavy (non-hydrogen) atoms. The summed E-state index contributed by atoms with van der Waals surface area (Å²) in [6.45, 7) is 7.08. The zero-order chi connectivity index (χ0) is 21.4. The Hall–Kier alpha value is -2.62. The fourth-order valence-electron chi connectivity index (χ4n) is 5.04. The van der Waals surface area contributed by atoms with Crippen molar-refractivity contribution in [2.45, 2.75) is 38.4 Å². The summed E-state index contributed by atoms with van der Waals surface area (Å²) in [6, 6.07) is 8.33. The number of nitrogens with zero attached hydrogens (tertiary/aromatic N) is 6. The van der Waals surface area contributed by atoms with Gasteiger partial charge in [-0.25, -0.2) is 4.68 Å². The fraction of sp³-hybridized carbons (Fsp3) is 0.545. The number of H-pyrrole nitrogens is 1. The van der Waals surface area contributed by atoms with Crippen LogP contribution in [0.5, 0.6) is 0 Å². The minimum atomic E-state index is -0.303. The number of aryl methyl sites for hydroxylation is 1. The molecule has 2 atom stereocenters. The number of rotatable bonds is 6. The standard InChI is InChI=1S/C22H29N7O2/c1-15-5-6-19-16(12-15)13-18(22(30)23-19)20(21-24-25-26-29(21)10-11-31-2)28-9-8-27-7-3-4-17(27)14-28/h5-6,12-13,17,20H,3-4,7-11,14H2,1-2H3,(H,23,30). The van der Waals surface area contributed by atoms with E-state index in [9.17, 15) is 4.79 Å². The molecule has 0 saturated carbocycles. The van der Waals surface area contributed by atoms with Crippen molar-refractivity contribution in [3.8, 4) is 0 Å². The van der Waals surface area contributed by atoms with Gasteiger partial charge in [0.2, 0.25) is 0 Å². The van der Waals surface area contributed by atoms with E-state index in [0.717, 1.165) is 36.1 Å². The third-order valence-electron chi connectivity index (χ3n) is 6.62. The van der Waals surface area contributed by atoms with Crippen molar-refractivity contribution >= 4 is 10.9 Å². The number of aromatic amines is 1. The summed E-state index contributed by atoms with van der Waals surface area (Å²) in [6.07, 6.45) is 2.44. The van der Waals surface area contributed by atoms with Crippen LogP contribution in [0, 0.1) is 6.92 Å². The SMILES string of the molecule is COCCn1nnnc1C(c1cc2cc(C)ccc2[nH]c1=O)N1CCN2CCCC2C1. The molecule has 1 aromatic carbocycles. The van der Waals surface area contributed by atoms with Gasteiger partial charge >= 0.3 is 0 Å². The number of ether oxygens (including phenoxy) is 1. The average molecular weight is 424 g/mol. The van der Waals surface area contributed by atoms with E-state index in [0.29, 0.717) is 30.6 Å². The summed E-state index contributed by atoms with van der Waals surface area (Å²) in [7, 11) is 1.66. The molecule has 0 bridgehead atoms. The van der Waals surface area contributed by atoms with Crippen LogP contribution < -0.4 is 5.56 Å². The van der Waals surface area contributed by atoms with Crippen molar-refractivity contribution in [1.29, 1.82) is 0 Å². The predicted octanol–water partition coefficient (Wildman–Crippen LogP) is 1.34. The Morgan fingerprint density at radius 2 is 2.16 bits per heavy atom. The number of nitrogens with one attached hydrogen (secondary N) is 1. The number of methoxy groups -OCH3 is 1. The van der Waals surface area contributed by atoms with E-state index in [2.05, 4.69) is 43.3 Å². The topological polar surface area (TPSA) is 92.2 Å². The molecular weight excluding hydrogens is 394 g/mol. The molecule has 0 amide bonds. The van der Waals surface area contributed by atoms with Gasteiger partial charge in [0.05, 0.1) is 13.2 Å². The normalized spacial score (nSPS) is 20.9. The molecule has 9 heteroatoms. The maximum atomic E-state index is 13.3. The Labute approximate surface area is 181 Å². The minimum absolute atomic E-state index is 0.0866. The van der Waals surface area contributed by atoms with Gasteiger partial charge in [0.1, 0.15) is 6.04 Å². The van der Waals surface area contributed by atoms with Gasteiger partial charge in [-0.15, -0.1) is 5.10 Å². The van der Waals surface area contributed by atoms with Crippen LogP contribution >= 0.6 is 0 Å². The van der Waals surface area contributed by atoms with Gasteiger partial charge in [0.25, 0.3) is 5.56 Å². The molecule has 5 rings (SSSR count). The highest BCUT2D eigenvalue weighted by Crippen LogP contribution is 2.31. The van der Waals surface area contributed by atoms with Gasteiger partial charge < -0.3 is 9.72 Å². The first-order chi connectivity index (χ1) is 15.1. The highest BCUT2D eigenvalue weighted by molar-refractivity contribution is 5.79. The quantitative estimate of drug-likeness (QED) is 0.640. The number of benzene rings is 1. The third-order valence-corrected chi connectivity index (χ3v) is 6.62. The molecule has 2 aromatic heterocycles. The van der Waals surface area contributed by atoms with E-state index >= 15 is 0 Å². The van der Waals surface area contributed by atoms with Crippen LogP contribution in [0.3, 0.4) is 0 Å². The molecule has 2 fully saturated rings. The van der Waals surface area contributed by atoms with Crippen LogP contribution in [-0.2, 0) is 11.3 Å². The fourth-order valence-corrected chi connectivity index (χ4v) is 5.04. The lowest BCUT2D eigenvalue weighted by Crippen LogP contribution is -2.52. The van der Waals surface area contributed by atoms with Crippen LogP contribution in [0.4, 0.5) is 0 Å². The highest BCUT2D eigenvalue weighted by atomic mass is 16.5. The molecular formula is C22H29N7O2. The molecule has 164 valence electrons. The van der Waals surface area contributed by atoms with E-state index in [4.69, 9.17) is 4.74 Å². The van der Waals surface area contributed by atoms with Gasteiger partial charge in [0.15, 0.2) is 5.82 Å². The van der Waals surface area contributed by atoms with Crippen LogP contribution in [0.15, 0.2) is 29.1 Å². The number of aromatic nitrogens is 5. The third kappa shape index (κ3) is 3.88. The Balaban J connectivity index is 1.60. The first-order valence-electron chi connectivity index (χ1n) is 11.0. The number of hydrogen-bond donors (Lipinski definition) is 1. The van der Waals surface area contributed by atoms with Crippen molar-refractivity contribution in [3.05, 3.63) is 51.6 Å². The smallest absolute Gasteiger partial charge is 0.253 e. The molecule has 2 saturated heterocycles. The van der Waals surface area contributed by atoms with Crippen LogP contribution in [-0.4, -0.2) is 80.9 Å². The van der Waals surface area contributed by atoms with Gasteiger partial charge in [0, 0.05) is 43.9 Å². The van der Waals surface area contributed by atoms with Gasteiger partial charge in [-0.3, -0.25) is 14.6 Å². The van der Waals surface area contributed by atoms with E-state index in [1.165, 1.54) is 19.4 Å². The van der Waals surface area contributed by atoms with Crippen LogP contribution in [0.25, 0.3) is 10.9 Å². The molecule has 9 nitrogen and oxygen atoms in total. The number of tetrazole rings is 1. The lowest BCUT2D eigenvalue weighted by Gasteiger charge is -2.41. The van der Waals surface area contributed by atoms with Crippen molar-refractivity contribution < 1.29 is 4.74 Å². The van der Waals surface area contributed by atoms with Crippen LogP contribution in [0.1, 0.15) is 35.8 Å². The van der Waals surface area contributed by atoms with Gasteiger partial charge in [-0.2, -0.15) is 0 Å². The van der Waals surface area contributed by atoms with Crippen molar-refractivity contribution in [1.82, 2.24) is 35.0 Å². The summed E-state index contributed by atoms with van der Waals surface area (Å²) >= 11 is 0. The van der Waals surface area contributed by atoms with Gasteiger partial charge in [-0.1, -0.05) is 11.6 Å². The molecule has 3 aromatic rings. The Kier molecular flexibility index (Phi) is 5.56. The summed E-state index contributed by atoms with van der Waals surface area (Å²) in [5.41, 5.74) is 2.61. The lowest BCUT2D eigenvalue weighted by atomic mass is 10.0. The molecule has 0 aliphatic carbocycles. The number of pyridine rings is 1. The van der Waals surface area contributed by atoms with Crippen molar-refractivity contribution in [2.24, 2.45) is 0 Å². The predicted molar refractivity (Wildman–Crippen MR) is 117 cm³/mol. The highest BCUT2D eigenvalue weighted by Gasteiger charge is 2.37. The largest absolute Gasteiger partial charge is 0.383 e. The zero-order valence-electron chi connectivity index (χ0n) is 18.1. The monoisotopic (exact) mass is 423 g/mol. The van der Waals surface area contributed by atoms with Gasteiger partial charge in [-0.05, 0) is 60.3 Å². The number of fused-ring (bicyclic) bond motifs is 2. The Morgan fingerprint density at radius 1 is 1.26 bits per heavy atom. The number of piperazine rings is 1. The first-order valence-corrected chi connectivity index (χ1v) is 11.0. The Bertz CT molecular complexity index is 1120. The lowest BCUT2D eigenvalue weighted by molar-refractivity contribution is 0.0781. The van der Waals surface area contributed by atoms with E-state index in [1.54, 1.807) is 11.8 Å². The second-order valence-electron chi connectivity index (χ2n) is 8.63. The van der Waals surface area contributed by atoms with E-state index in [1.807, 2.05) is 18.2 Å². The minimum Gasteiger partial charge on any atom is -0.383 e. The summed E-state index contributed by atoms with van der Waals surface area (Å²) in [5, 5.41) is 13.5. The molecule has 2 unspecified atom stereocenters. The molecule has 2 aliphatic heterocycles. The Morgan fingerprint density at radius 3 is 3.03 bits per heavy atom. The maximum Gasteiger partial charge on any atom is 0.253 e. The molecule has 2 aliphatic rings. The molecule has 4 heterocycles. The summed E-state index contributed by atoms with van der Waals surface area (Å²) in [4.78, 5) is 21.3. The molecule has 0 radical (unpaired) electrons. The van der Waals surface area contributed by atoms with Crippen molar-refractivity contribution in [2.75, 3.05) is 39.9 Å². The van der Waals surface area contributed by atoms with Crippen molar-refractivity contribution in [3.63, 3.8) is 0 Å². The summed E-state index contributed by atoms with van der Waals surface area (Å²) < 4.78 is 7.02. The zero-order valence-corrected chi connectivity index (χ0v) is 18.1. The summed E-state index contributed by atoms with van der Waals surface area (Å²) in [5.74, 6) is 0.695. The number of hydrogen-bond acceptors (Lipinski definition) is 7. The van der Waals surface area contributed by atoms with E-state index in [-0.39, 0.29) is 11.6 Å².